The maximum absolute atomic E-state index is 11.7. The zero-order chi connectivity index (χ0) is 11.3. The van der Waals surface area contributed by atoms with Crippen molar-refractivity contribution in [2.45, 2.75) is 25.0 Å². The van der Waals surface area contributed by atoms with Gasteiger partial charge in [-0.3, -0.25) is 9.59 Å². The molecule has 0 radical (unpaired) electrons. The topological polar surface area (TPSA) is 55.9 Å². The Labute approximate surface area is 87.5 Å². The number of ketones is 2. The van der Waals surface area contributed by atoms with Crippen LogP contribution in [0.1, 0.15) is 13.8 Å². The molecule has 2 rings (SSSR count). The molecule has 1 unspecified atom stereocenters. The Balaban J connectivity index is 2.40. The van der Waals surface area contributed by atoms with E-state index < -0.39 is 11.2 Å². The van der Waals surface area contributed by atoms with Crippen LogP contribution in [-0.4, -0.2) is 29.9 Å². The van der Waals surface area contributed by atoms with Crippen molar-refractivity contribution in [3.63, 3.8) is 0 Å². The summed E-state index contributed by atoms with van der Waals surface area (Å²) in [6.45, 7) is 3.04. The van der Waals surface area contributed by atoms with Gasteiger partial charge in [0.15, 0.2) is 22.8 Å². The average Bonchev–Trinajstić information content (AvgIpc) is 2.79. The number of allylic oxidation sites excluding steroid dienone is 1. The Morgan fingerprint density at radius 3 is 2.60 bits per heavy atom. The number of rotatable bonds is 2. The van der Waals surface area contributed by atoms with Gasteiger partial charge in [0.2, 0.25) is 0 Å². The monoisotopic (exact) mass is 208 g/mol. The maximum atomic E-state index is 11.7. The third-order valence-electron chi connectivity index (χ3n) is 3.05. The summed E-state index contributed by atoms with van der Waals surface area (Å²) in [5, 5.41) is 0. The Hall–Kier alpha value is -1.42. The number of Topliss-reactive ketones (excluding diaryl/α,β-unsaturated/α-hetero) is 1. The lowest BCUT2D eigenvalue weighted by Crippen LogP contribution is -2.35. The van der Waals surface area contributed by atoms with Gasteiger partial charge in [-0.2, -0.15) is 0 Å². The van der Waals surface area contributed by atoms with Crippen molar-refractivity contribution in [2.75, 3.05) is 7.11 Å². The molecule has 2 atom stereocenters. The number of epoxide rings is 1. The fourth-order valence-electron chi connectivity index (χ4n) is 1.81. The Morgan fingerprint density at radius 2 is 2.13 bits per heavy atom. The van der Waals surface area contributed by atoms with E-state index in [-0.39, 0.29) is 11.6 Å². The van der Waals surface area contributed by atoms with Gasteiger partial charge < -0.3 is 9.47 Å². The quantitative estimate of drug-likeness (QED) is 0.629. The van der Waals surface area contributed by atoms with E-state index in [1.165, 1.54) is 20.1 Å². The SMILES string of the molecule is COC1=CC2(O[C@@]2(C)C(C)=O)C(=O)C=C1. The maximum Gasteiger partial charge on any atom is 0.195 e. The summed E-state index contributed by atoms with van der Waals surface area (Å²) in [6.07, 6.45) is 4.51. The minimum absolute atomic E-state index is 0.155. The second-order valence-corrected chi connectivity index (χ2v) is 3.88. The van der Waals surface area contributed by atoms with Gasteiger partial charge in [-0.15, -0.1) is 0 Å². The van der Waals surface area contributed by atoms with Crippen LogP contribution in [0.5, 0.6) is 0 Å². The smallest absolute Gasteiger partial charge is 0.195 e. The minimum Gasteiger partial charge on any atom is -0.497 e. The van der Waals surface area contributed by atoms with Crippen molar-refractivity contribution in [2.24, 2.45) is 0 Å². The Morgan fingerprint density at radius 1 is 1.47 bits per heavy atom. The van der Waals surface area contributed by atoms with Crippen LogP contribution in [0.3, 0.4) is 0 Å². The molecule has 15 heavy (non-hydrogen) atoms. The molecular formula is C11H12O4. The highest BCUT2D eigenvalue weighted by atomic mass is 16.6. The minimum atomic E-state index is -1.13. The van der Waals surface area contributed by atoms with Crippen LogP contribution in [-0.2, 0) is 19.1 Å². The second kappa shape index (κ2) is 2.79. The molecule has 0 bridgehead atoms. The molecule has 0 aromatic rings. The molecule has 1 heterocycles. The highest BCUT2D eigenvalue weighted by molar-refractivity contribution is 6.10. The third-order valence-corrected chi connectivity index (χ3v) is 3.05. The predicted octanol–water partition coefficient (Wildman–Crippen LogP) is 0.772. The molecule has 4 nitrogen and oxygen atoms in total. The number of methoxy groups -OCH3 is 1. The summed E-state index contributed by atoms with van der Waals surface area (Å²) in [6, 6.07) is 0. The molecule has 1 fully saturated rings. The van der Waals surface area contributed by atoms with E-state index in [1.54, 1.807) is 19.1 Å². The van der Waals surface area contributed by atoms with E-state index in [4.69, 9.17) is 9.47 Å². The first kappa shape index (κ1) is 10.1. The molecule has 0 aromatic carbocycles. The summed E-state index contributed by atoms with van der Waals surface area (Å²) in [5.74, 6) is 0.179. The van der Waals surface area contributed by atoms with Gasteiger partial charge in [-0.05, 0) is 26.0 Å². The van der Waals surface area contributed by atoms with Gasteiger partial charge in [-0.25, -0.2) is 0 Å². The molecule has 80 valence electrons. The van der Waals surface area contributed by atoms with Crippen molar-refractivity contribution in [3.8, 4) is 0 Å². The van der Waals surface area contributed by atoms with Crippen LogP contribution in [0.4, 0.5) is 0 Å². The molecule has 1 spiro atoms. The molecule has 1 saturated heterocycles. The lowest BCUT2D eigenvalue weighted by molar-refractivity contribution is -0.122. The highest BCUT2D eigenvalue weighted by Crippen LogP contribution is 2.52. The van der Waals surface area contributed by atoms with Crippen LogP contribution < -0.4 is 0 Å². The average molecular weight is 208 g/mol. The molecule has 1 aliphatic heterocycles. The summed E-state index contributed by atoms with van der Waals surface area (Å²) in [5.41, 5.74) is -2.16. The first-order valence-electron chi connectivity index (χ1n) is 4.67. The molecule has 4 heteroatoms. The molecule has 2 aliphatic rings. The largest absolute Gasteiger partial charge is 0.497 e. The van der Waals surface area contributed by atoms with Gasteiger partial charge >= 0.3 is 0 Å². The molecule has 0 aromatic heterocycles. The zero-order valence-electron chi connectivity index (χ0n) is 8.87. The van der Waals surface area contributed by atoms with E-state index in [2.05, 4.69) is 0 Å². The molecular weight excluding hydrogens is 196 g/mol. The van der Waals surface area contributed by atoms with E-state index in [9.17, 15) is 9.59 Å². The van der Waals surface area contributed by atoms with Crippen molar-refractivity contribution in [1.82, 2.24) is 0 Å². The summed E-state index contributed by atoms with van der Waals surface area (Å²) in [4.78, 5) is 23.1. The van der Waals surface area contributed by atoms with Gasteiger partial charge in [-0.1, -0.05) is 0 Å². The second-order valence-electron chi connectivity index (χ2n) is 3.88. The van der Waals surface area contributed by atoms with Crippen molar-refractivity contribution < 1.29 is 19.1 Å². The Bertz CT molecular complexity index is 407. The van der Waals surface area contributed by atoms with Crippen LogP contribution in [0.25, 0.3) is 0 Å². The normalized spacial score (nSPS) is 37.8. The molecule has 0 amide bonds. The molecule has 0 N–H and O–H groups in total. The third kappa shape index (κ3) is 1.11. The zero-order valence-corrected chi connectivity index (χ0v) is 8.87. The van der Waals surface area contributed by atoms with Crippen LogP contribution in [0.15, 0.2) is 24.0 Å². The molecule has 0 saturated carbocycles. The van der Waals surface area contributed by atoms with Gasteiger partial charge in [0.05, 0.1) is 7.11 Å². The standard InChI is InChI=1S/C11H12O4/c1-7(12)10(2)11(15-10)6-8(14-3)4-5-9(11)13/h4-6H,1-3H3/t10-,11?/m0/s1. The predicted molar refractivity (Wildman–Crippen MR) is 52.1 cm³/mol. The van der Waals surface area contributed by atoms with Crippen LogP contribution >= 0.6 is 0 Å². The lowest BCUT2D eigenvalue weighted by atomic mass is 9.84. The van der Waals surface area contributed by atoms with E-state index >= 15 is 0 Å². The Kier molecular flexibility index (Phi) is 1.88. The molecule has 1 aliphatic carbocycles. The van der Waals surface area contributed by atoms with Gasteiger partial charge in [0.1, 0.15) is 5.76 Å². The fraction of sp³-hybridized carbons (Fsp3) is 0.455. The van der Waals surface area contributed by atoms with Gasteiger partial charge in [0, 0.05) is 6.08 Å². The van der Waals surface area contributed by atoms with Crippen molar-refractivity contribution in [3.05, 3.63) is 24.0 Å². The van der Waals surface area contributed by atoms with E-state index in [1.807, 2.05) is 0 Å². The highest BCUT2D eigenvalue weighted by Gasteiger charge is 2.73. The first-order valence-corrected chi connectivity index (χ1v) is 4.67. The first-order chi connectivity index (χ1) is 6.96. The van der Waals surface area contributed by atoms with E-state index in [0.717, 1.165) is 0 Å². The number of carbonyl (C=O) groups is 2. The summed E-state index contributed by atoms with van der Waals surface area (Å²) >= 11 is 0. The lowest BCUT2D eigenvalue weighted by Gasteiger charge is -2.13. The number of carbonyl (C=O) groups excluding carboxylic acids is 2. The van der Waals surface area contributed by atoms with E-state index in [0.29, 0.717) is 5.76 Å². The van der Waals surface area contributed by atoms with Crippen molar-refractivity contribution >= 4 is 11.6 Å². The summed E-state index contributed by atoms with van der Waals surface area (Å²) in [7, 11) is 1.51. The number of hydrogen-bond acceptors (Lipinski definition) is 4. The van der Waals surface area contributed by atoms with Crippen LogP contribution in [0.2, 0.25) is 0 Å². The summed E-state index contributed by atoms with van der Waals surface area (Å²) < 4.78 is 10.4. The van der Waals surface area contributed by atoms with Crippen LogP contribution in [0, 0.1) is 0 Å². The number of hydrogen-bond donors (Lipinski definition) is 0. The van der Waals surface area contributed by atoms with Gasteiger partial charge in [0.25, 0.3) is 0 Å². The van der Waals surface area contributed by atoms with Crippen molar-refractivity contribution in [1.29, 1.82) is 0 Å². The number of ether oxygens (including phenoxy) is 2. The fourth-order valence-corrected chi connectivity index (χ4v) is 1.81.